The van der Waals surface area contributed by atoms with E-state index >= 15 is 0 Å². The minimum atomic E-state index is -0.0668. The van der Waals surface area contributed by atoms with Crippen LogP contribution in [-0.2, 0) is 4.79 Å². The second kappa shape index (κ2) is 7.17. The summed E-state index contributed by atoms with van der Waals surface area (Å²) in [5.41, 5.74) is 5.58. The first-order valence-electron chi connectivity index (χ1n) is 6.73. The van der Waals surface area contributed by atoms with E-state index in [9.17, 15) is 4.79 Å². The summed E-state index contributed by atoms with van der Waals surface area (Å²) in [6, 6.07) is 6.87. The molecule has 0 radical (unpaired) electrons. The number of ether oxygens (including phenoxy) is 1. The van der Waals surface area contributed by atoms with Gasteiger partial charge in [-0.05, 0) is 37.1 Å². The summed E-state index contributed by atoms with van der Waals surface area (Å²) in [6.45, 7) is 1.17. The van der Waals surface area contributed by atoms with Crippen molar-refractivity contribution in [1.29, 1.82) is 0 Å². The molecule has 114 valence electrons. The number of nitrogens with two attached hydrogens (primary N) is 1. The van der Waals surface area contributed by atoms with E-state index in [-0.39, 0.29) is 24.3 Å². The van der Waals surface area contributed by atoms with Crippen LogP contribution in [-0.4, -0.2) is 41.5 Å². The van der Waals surface area contributed by atoms with Crippen molar-refractivity contribution in [2.24, 2.45) is 16.8 Å². The van der Waals surface area contributed by atoms with Gasteiger partial charge in [0.15, 0.2) is 6.61 Å². The minimum absolute atomic E-state index is 0.00410. The van der Waals surface area contributed by atoms with Crippen LogP contribution in [0.5, 0.6) is 5.75 Å². The number of nitrogens with zero attached hydrogens (tertiary/aromatic N) is 2. The average Bonchev–Trinajstić information content (AvgIpc) is 2.53. The third kappa shape index (κ3) is 4.26. The van der Waals surface area contributed by atoms with Gasteiger partial charge in [0.25, 0.3) is 5.91 Å². The molecule has 3 N–H and O–H groups in total. The predicted molar refractivity (Wildman–Crippen MR) is 79.7 cm³/mol. The van der Waals surface area contributed by atoms with Crippen LogP contribution in [0, 0.1) is 5.92 Å². The summed E-state index contributed by atoms with van der Waals surface area (Å²) in [6.07, 6.45) is 1.39. The number of benzene rings is 1. The molecule has 0 aromatic heterocycles. The van der Waals surface area contributed by atoms with Crippen LogP contribution in [0.2, 0.25) is 5.02 Å². The largest absolute Gasteiger partial charge is 0.484 e. The zero-order chi connectivity index (χ0) is 15.2. The number of oxime groups is 1. The van der Waals surface area contributed by atoms with Crippen LogP contribution in [0.15, 0.2) is 29.4 Å². The molecule has 0 aliphatic carbocycles. The van der Waals surface area contributed by atoms with Crippen LogP contribution in [0.4, 0.5) is 0 Å². The van der Waals surface area contributed by atoms with E-state index in [0.29, 0.717) is 36.7 Å². The van der Waals surface area contributed by atoms with Crippen LogP contribution >= 0.6 is 11.6 Å². The maximum atomic E-state index is 12.0. The third-order valence-corrected chi connectivity index (χ3v) is 3.81. The third-order valence-electron chi connectivity index (χ3n) is 3.56. The monoisotopic (exact) mass is 311 g/mol. The highest BCUT2D eigenvalue weighted by molar-refractivity contribution is 6.30. The van der Waals surface area contributed by atoms with Crippen molar-refractivity contribution in [3.05, 3.63) is 29.3 Å². The smallest absolute Gasteiger partial charge is 0.260 e. The van der Waals surface area contributed by atoms with Gasteiger partial charge in [0.05, 0.1) is 0 Å². The lowest BCUT2D eigenvalue weighted by Gasteiger charge is -2.31. The lowest BCUT2D eigenvalue weighted by Crippen LogP contribution is -2.43. The first-order valence-corrected chi connectivity index (χ1v) is 7.11. The van der Waals surface area contributed by atoms with Crippen molar-refractivity contribution in [3.8, 4) is 5.75 Å². The van der Waals surface area contributed by atoms with E-state index in [4.69, 9.17) is 27.3 Å². The Morgan fingerprint density at radius 3 is 2.57 bits per heavy atom. The molecule has 1 heterocycles. The van der Waals surface area contributed by atoms with Crippen LogP contribution < -0.4 is 10.5 Å². The zero-order valence-electron chi connectivity index (χ0n) is 11.5. The Hall–Kier alpha value is -1.95. The summed E-state index contributed by atoms with van der Waals surface area (Å²) in [5.74, 6) is 0.818. The van der Waals surface area contributed by atoms with Gasteiger partial charge < -0.3 is 20.6 Å². The summed E-state index contributed by atoms with van der Waals surface area (Å²) >= 11 is 5.78. The Bertz CT molecular complexity index is 511. The van der Waals surface area contributed by atoms with Gasteiger partial charge in [-0.2, -0.15) is 0 Å². The number of amidine groups is 1. The van der Waals surface area contributed by atoms with E-state index < -0.39 is 0 Å². The van der Waals surface area contributed by atoms with E-state index in [0.717, 1.165) is 0 Å². The highest BCUT2D eigenvalue weighted by Crippen LogP contribution is 2.18. The SMILES string of the molecule is NC(=NO)C1CCN(C(=O)COc2ccc(Cl)cc2)CC1. The topological polar surface area (TPSA) is 88.2 Å². The Kier molecular flexibility index (Phi) is 5.27. The van der Waals surface area contributed by atoms with E-state index in [2.05, 4.69) is 5.16 Å². The van der Waals surface area contributed by atoms with Gasteiger partial charge >= 0.3 is 0 Å². The lowest BCUT2D eigenvalue weighted by atomic mass is 9.96. The van der Waals surface area contributed by atoms with Crippen molar-refractivity contribution in [1.82, 2.24) is 4.90 Å². The molecule has 0 atom stereocenters. The Labute approximate surface area is 128 Å². The number of likely N-dealkylation sites (tertiary alicyclic amines) is 1. The molecule has 0 spiro atoms. The molecule has 0 saturated carbocycles. The molecule has 7 heteroatoms. The van der Waals surface area contributed by atoms with Gasteiger partial charge in [-0.1, -0.05) is 16.8 Å². The molecule has 2 rings (SSSR count). The van der Waals surface area contributed by atoms with Crippen molar-refractivity contribution in [3.63, 3.8) is 0 Å². The van der Waals surface area contributed by atoms with Crippen LogP contribution in [0.3, 0.4) is 0 Å². The molecule has 1 aliphatic heterocycles. The first-order chi connectivity index (χ1) is 10.1. The number of hydrogen-bond acceptors (Lipinski definition) is 4. The Balaban J connectivity index is 1.78. The van der Waals surface area contributed by atoms with Crippen molar-refractivity contribution >= 4 is 23.3 Å². The van der Waals surface area contributed by atoms with Crippen LogP contribution in [0.25, 0.3) is 0 Å². The number of piperidine rings is 1. The molecule has 0 unspecified atom stereocenters. The molecular formula is C14H18ClN3O3. The molecule has 1 fully saturated rings. The summed E-state index contributed by atoms with van der Waals surface area (Å²) in [5, 5.41) is 12.3. The van der Waals surface area contributed by atoms with Gasteiger partial charge in [-0.15, -0.1) is 0 Å². The standard InChI is InChI=1S/C14H18ClN3O3/c15-11-1-3-12(4-2-11)21-9-13(19)18-7-5-10(6-8-18)14(16)17-20/h1-4,10,20H,5-9H2,(H2,16,17). The lowest BCUT2D eigenvalue weighted by molar-refractivity contribution is -0.134. The van der Waals surface area contributed by atoms with Crippen LogP contribution in [0.1, 0.15) is 12.8 Å². The minimum Gasteiger partial charge on any atom is -0.484 e. The average molecular weight is 312 g/mol. The first kappa shape index (κ1) is 15.4. The number of hydrogen-bond donors (Lipinski definition) is 2. The summed E-state index contributed by atoms with van der Waals surface area (Å²) in [7, 11) is 0. The zero-order valence-corrected chi connectivity index (χ0v) is 12.3. The highest BCUT2D eigenvalue weighted by Gasteiger charge is 2.25. The molecule has 6 nitrogen and oxygen atoms in total. The van der Waals surface area contributed by atoms with Gasteiger partial charge in [0.2, 0.25) is 0 Å². The molecule has 1 amide bonds. The van der Waals surface area contributed by atoms with E-state index in [1.165, 1.54) is 0 Å². The summed E-state index contributed by atoms with van der Waals surface area (Å²) < 4.78 is 5.43. The molecule has 1 aliphatic rings. The van der Waals surface area contributed by atoms with Gasteiger partial charge in [0.1, 0.15) is 11.6 Å². The number of rotatable bonds is 4. The fraction of sp³-hybridized carbons (Fsp3) is 0.429. The quantitative estimate of drug-likeness (QED) is 0.383. The maximum absolute atomic E-state index is 12.0. The highest BCUT2D eigenvalue weighted by atomic mass is 35.5. The Morgan fingerprint density at radius 1 is 1.38 bits per heavy atom. The van der Waals surface area contributed by atoms with Gasteiger partial charge in [-0.3, -0.25) is 4.79 Å². The fourth-order valence-electron chi connectivity index (χ4n) is 2.27. The maximum Gasteiger partial charge on any atom is 0.260 e. The fourth-order valence-corrected chi connectivity index (χ4v) is 2.40. The molecule has 1 aromatic rings. The molecule has 21 heavy (non-hydrogen) atoms. The van der Waals surface area contributed by atoms with Crippen molar-refractivity contribution in [2.45, 2.75) is 12.8 Å². The molecule has 1 aromatic carbocycles. The number of carbonyl (C=O) groups is 1. The second-order valence-electron chi connectivity index (χ2n) is 4.92. The summed E-state index contributed by atoms with van der Waals surface area (Å²) in [4.78, 5) is 13.8. The number of amides is 1. The number of halogens is 1. The molecular weight excluding hydrogens is 294 g/mol. The van der Waals surface area contributed by atoms with E-state index in [1.807, 2.05) is 0 Å². The predicted octanol–water partition coefficient (Wildman–Crippen LogP) is 1.70. The van der Waals surface area contributed by atoms with Gasteiger partial charge in [-0.25, -0.2) is 0 Å². The molecule has 1 saturated heterocycles. The Morgan fingerprint density at radius 2 is 2.00 bits per heavy atom. The number of carbonyl (C=O) groups excluding carboxylic acids is 1. The molecule has 0 bridgehead atoms. The van der Waals surface area contributed by atoms with E-state index in [1.54, 1.807) is 29.2 Å². The van der Waals surface area contributed by atoms with Gasteiger partial charge in [0, 0.05) is 24.0 Å². The normalized spacial score (nSPS) is 16.8. The van der Waals surface area contributed by atoms with Crippen molar-refractivity contribution in [2.75, 3.05) is 19.7 Å². The van der Waals surface area contributed by atoms with Crippen molar-refractivity contribution < 1.29 is 14.7 Å². The second-order valence-corrected chi connectivity index (χ2v) is 5.36.